The van der Waals surface area contributed by atoms with Crippen molar-refractivity contribution < 1.29 is 9.47 Å². The van der Waals surface area contributed by atoms with Crippen LogP contribution >= 0.6 is 0 Å². The Morgan fingerprint density at radius 2 is 0.944 bits per heavy atom. The minimum absolute atomic E-state index is 0.422. The maximum atomic E-state index is 6.36. The van der Waals surface area contributed by atoms with Gasteiger partial charge in [0.25, 0.3) is 0 Å². The highest BCUT2D eigenvalue weighted by molar-refractivity contribution is 5.86. The second-order valence-electron chi connectivity index (χ2n) is 9.11. The zero-order valence-electron chi connectivity index (χ0n) is 20.4. The summed E-state index contributed by atoms with van der Waals surface area (Å²) in [5.41, 5.74) is 5.88. The van der Waals surface area contributed by atoms with Crippen molar-refractivity contribution in [2.75, 3.05) is 0 Å². The number of fused-ring (bicyclic) bond motifs is 3. The Kier molecular flexibility index (Phi) is 5.70. The fraction of sp³-hybridized carbons (Fsp3) is 0.125. The largest absolute Gasteiger partial charge is 0.487 e. The monoisotopic (exact) mass is 470 g/mol. The summed E-state index contributed by atoms with van der Waals surface area (Å²) >= 11 is 0. The molecule has 0 amide bonds. The Morgan fingerprint density at radius 3 is 1.42 bits per heavy atom. The van der Waals surface area contributed by atoms with Gasteiger partial charge in [0.1, 0.15) is 35.7 Å². The van der Waals surface area contributed by atoms with E-state index in [1.54, 1.807) is 0 Å². The fourth-order valence-corrected chi connectivity index (χ4v) is 4.58. The van der Waals surface area contributed by atoms with Gasteiger partial charge in [-0.05, 0) is 72.1 Å². The third-order valence-electron chi connectivity index (χ3n) is 6.48. The molecule has 6 rings (SSSR count). The van der Waals surface area contributed by atoms with Crippen LogP contribution in [0.3, 0.4) is 0 Å². The first-order valence-corrected chi connectivity index (χ1v) is 12.1. The first-order valence-electron chi connectivity index (χ1n) is 12.1. The van der Waals surface area contributed by atoms with Crippen LogP contribution in [0.2, 0.25) is 0 Å². The van der Waals surface area contributed by atoms with E-state index in [0.29, 0.717) is 13.2 Å². The summed E-state index contributed by atoms with van der Waals surface area (Å²) in [7, 11) is 0. The van der Waals surface area contributed by atoms with E-state index in [9.17, 15) is 0 Å². The van der Waals surface area contributed by atoms with E-state index >= 15 is 0 Å². The zero-order valence-corrected chi connectivity index (χ0v) is 20.4. The molecule has 2 heterocycles. The molecule has 0 aliphatic heterocycles. The Bertz CT molecular complexity index is 1600. The van der Waals surface area contributed by atoms with Gasteiger partial charge < -0.3 is 9.47 Å². The van der Waals surface area contributed by atoms with Crippen LogP contribution in [0, 0.1) is 13.8 Å². The lowest BCUT2D eigenvalue weighted by atomic mass is 10.0. The first-order chi connectivity index (χ1) is 17.6. The van der Waals surface area contributed by atoms with Crippen molar-refractivity contribution in [2.45, 2.75) is 27.1 Å². The standard InChI is InChI=1S/C32H26N2O2/c1-21-13-15-23-9-5-11-29(31(23)33-21)35-19-27-17-25-7-3-4-8-26(25)18-28(27)20-36-30-12-6-10-24-16-14-22(2)34-32(24)30/h3-18H,19-20H2,1-2H3. The van der Waals surface area contributed by atoms with E-state index in [1.807, 2.05) is 50.2 Å². The summed E-state index contributed by atoms with van der Waals surface area (Å²) in [5, 5.41) is 4.49. The van der Waals surface area contributed by atoms with Crippen molar-refractivity contribution >= 4 is 32.6 Å². The maximum absolute atomic E-state index is 6.36. The Morgan fingerprint density at radius 1 is 0.500 bits per heavy atom. The predicted octanol–water partition coefficient (Wildman–Crippen LogP) is 7.71. The predicted molar refractivity (Wildman–Crippen MR) is 146 cm³/mol. The zero-order chi connectivity index (χ0) is 24.5. The number of pyridine rings is 2. The van der Waals surface area contributed by atoms with Crippen LogP contribution in [0.5, 0.6) is 11.5 Å². The van der Waals surface area contributed by atoms with E-state index in [1.165, 1.54) is 10.8 Å². The molecule has 0 aliphatic carbocycles. The minimum Gasteiger partial charge on any atom is -0.487 e. The lowest BCUT2D eigenvalue weighted by Gasteiger charge is -2.15. The molecule has 4 heteroatoms. The highest BCUT2D eigenvalue weighted by Gasteiger charge is 2.11. The molecule has 2 aromatic heterocycles. The summed E-state index contributed by atoms with van der Waals surface area (Å²) in [4.78, 5) is 9.43. The molecule has 36 heavy (non-hydrogen) atoms. The molecule has 0 unspecified atom stereocenters. The molecule has 0 saturated carbocycles. The Labute approximate surface area is 210 Å². The van der Waals surface area contributed by atoms with Crippen molar-refractivity contribution in [3.05, 3.63) is 120 Å². The number of rotatable bonds is 6. The number of nitrogens with zero attached hydrogens (tertiary/aromatic N) is 2. The maximum Gasteiger partial charge on any atom is 0.146 e. The molecule has 4 aromatic carbocycles. The SMILES string of the molecule is Cc1ccc2cccc(OCc3cc4ccccc4cc3COc3cccc4ccc(C)nc34)c2n1. The van der Waals surface area contributed by atoms with E-state index in [2.05, 4.69) is 60.7 Å². The number of aryl methyl sites for hydroxylation is 2. The average Bonchev–Trinajstić information content (AvgIpc) is 2.90. The Balaban J connectivity index is 1.34. The minimum atomic E-state index is 0.422. The van der Waals surface area contributed by atoms with Crippen LogP contribution in [0.15, 0.2) is 97.1 Å². The van der Waals surface area contributed by atoms with Gasteiger partial charge >= 0.3 is 0 Å². The Hall–Kier alpha value is -4.44. The van der Waals surface area contributed by atoms with Crippen molar-refractivity contribution in [1.82, 2.24) is 9.97 Å². The molecule has 0 bridgehead atoms. The van der Waals surface area contributed by atoms with Gasteiger partial charge in [-0.3, -0.25) is 0 Å². The molecular weight excluding hydrogens is 444 g/mol. The quantitative estimate of drug-likeness (QED) is 0.250. The number of hydrogen-bond acceptors (Lipinski definition) is 4. The fourth-order valence-electron chi connectivity index (χ4n) is 4.58. The summed E-state index contributed by atoms with van der Waals surface area (Å²) in [5.74, 6) is 1.56. The summed E-state index contributed by atoms with van der Waals surface area (Å²) in [6.07, 6.45) is 0. The van der Waals surface area contributed by atoms with Gasteiger partial charge in [-0.15, -0.1) is 0 Å². The van der Waals surface area contributed by atoms with Crippen molar-refractivity contribution in [3.8, 4) is 11.5 Å². The van der Waals surface area contributed by atoms with Crippen LogP contribution in [-0.2, 0) is 13.2 Å². The second kappa shape index (κ2) is 9.31. The summed E-state index contributed by atoms with van der Waals surface area (Å²) in [6, 6.07) is 33.1. The normalized spacial score (nSPS) is 11.3. The lowest BCUT2D eigenvalue weighted by molar-refractivity contribution is 0.289. The molecule has 0 radical (unpaired) electrons. The molecule has 4 nitrogen and oxygen atoms in total. The molecular formula is C32H26N2O2. The van der Waals surface area contributed by atoms with Crippen LogP contribution in [0.1, 0.15) is 22.5 Å². The molecule has 0 aliphatic rings. The van der Waals surface area contributed by atoms with Crippen LogP contribution in [0.25, 0.3) is 32.6 Å². The van der Waals surface area contributed by atoms with Gasteiger partial charge in [-0.1, -0.05) is 60.7 Å². The molecule has 0 N–H and O–H groups in total. The van der Waals surface area contributed by atoms with Gasteiger partial charge in [0.15, 0.2) is 0 Å². The van der Waals surface area contributed by atoms with Crippen LogP contribution < -0.4 is 9.47 Å². The van der Waals surface area contributed by atoms with Crippen LogP contribution in [0.4, 0.5) is 0 Å². The van der Waals surface area contributed by atoms with Crippen molar-refractivity contribution in [1.29, 1.82) is 0 Å². The van der Waals surface area contributed by atoms with E-state index < -0.39 is 0 Å². The third kappa shape index (κ3) is 4.34. The first kappa shape index (κ1) is 22.1. The van der Waals surface area contributed by atoms with Gasteiger partial charge in [0.2, 0.25) is 0 Å². The smallest absolute Gasteiger partial charge is 0.146 e. The molecule has 0 atom stereocenters. The van der Waals surface area contributed by atoms with Gasteiger partial charge in [-0.25, -0.2) is 9.97 Å². The highest BCUT2D eigenvalue weighted by Crippen LogP contribution is 2.29. The van der Waals surface area contributed by atoms with E-state index in [0.717, 1.165) is 55.8 Å². The van der Waals surface area contributed by atoms with Gasteiger partial charge in [-0.2, -0.15) is 0 Å². The highest BCUT2D eigenvalue weighted by atomic mass is 16.5. The number of aromatic nitrogens is 2. The molecule has 176 valence electrons. The lowest BCUT2D eigenvalue weighted by Crippen LogP contribution is -2.05. The molecule has 0 fully saturated rings. The number of hydrogen-bond donors (Lipinski definition) is 0. The topological polar surface area (TPSA) is 44.2 Å². The van der Waals surface area contributed by atoms with Gasteiger partial charge in [0.05, 0.1) is 0 Å². The molecule has 0 spiro atoms. The second-order valence-corrected chi connectivity index (χ2v) is 9.11. The number of para-hydroxylation sites is 2. The van der Waals surface area contributed by atoms with Crippen molar-refractivity contribution in [2.24, 2.45) is 0 Å². The van der Waals surface area contributed by atoms with E-state index in [4.69, 9.17) is 19.4 Å². The molecule has 0 saturated heterocycles. The van der Waals surface area contributed by atoms with Gasteiger partial charge in [0, 0.05) is 22.2 Å². The third-order valence-corrected chi connectivity index (χ3v) is 6.48. The number of ether oxygens (including phenoxy) is 2. The average molecular weight is 471 g/mol. The summed E-state index contributed by atoms with van der Waals surface area (Å²) < 4.78 is 12.7. The number of benzene rings is 4. The van der Waals surface area contributed by atoms with Crippen LogP contribution in [-0.4, -0.2) is 9.97 Å². The van der Waals surface area contributed by atoms with E-state index in [-0.39, 0.29) is 0 Å². The summed E-state index contributed by atoms with van der Waals surface area (Å²) in [6.45, 7) is 4.84. The molecule has 6 aromatic rings. The van der Waals surface area contributed by atoms with Crippen molar-refractivity contribution in [3.63, 3.8) is 0 Å².